The molecule has 14 heavy (non-hydrogen) atoms. The lowest BCUT2D eigenvalue weighted by Crippen LogP contribution is -2.20. The molecule has 1 aromatic carbocycles. The second kappa shape index (κ2) is 3.62. The third kappa shape index (κ3) is 1.62. The van der Waals surface area contributed by atoms with Crippen molar-refractivity contribution < 1.29 is 4.79 Å². The molecule has 1 saturated heterocycles. The molecular weight excluding hydrogens is 198 g/mol. The maximum absolute atomic E-state index is 11.3. The predicted molar refractivity (Wildman–Crippen MR) is 56.1 cm³/mol. The monoisotopic (exact) mass is 209 g/mol. The van der Waals surface area contributed by atoms with Crippen molar-refractivity contribution in [3.8, 4) is 0 Å². The Morgan fingerprint density at radius 3 is 2.71 bits per heavy atom. The lowest BCUT2D eigenvalue weighted by Gasteiger charge is -2.11. The van der Waals surface area contributed by atoms with E-state index in [4.69, 9.17) is 11.6 Å². The van der Waals surface area contributed by atoms with Crippen LogP contribution < -0.4 is 5.32 Å². The van der Waals surface area contributed by atoms with Gasteiger partial charge in [0.25, 0.3) is 0 Å². The fourth-order valence-corrected chi connectivity index (χ4v) is 2.06. The number of carbonyl (C=O) groups is 1. The number of halogens is 1. The Morgan fingerprint density at radius 1 is 1.43 bits per heavy atom. The van der Waals surface area contributed by atoms with Crippen LogP contribution in [0.4, 0.5) is 0 Å². The van der Waals surface area contributed by atoms with E-state index in [0.29, 0.717) is 0 Å². The van der Waals surface area contributed by atoms with Crippen molar-refractivity contribution in [2.45, 2.75) is 19.4 Å². The van der Waals surface area contributed by atoms with Crippen molar-refractivity contribution >= 4 is 17.5 Å². The number of nitrogens with one attached hydrogen (secondary N) is 1. The third-order valence-electron chi connectivity index (χ3n) is 2.63. The van der Waals surface area contributed by atoms with Crippen LogP contribution in [0.15, 0.2) is 24.3 Å². The molecule has 0 spiro atoms. The van der Waals surface area contributed by atoms with Gasteiger partial charge in [0.1, 0.15) is 0 Å². The fourth-order valence-electron chi connectivity index (χ4n) is 1.80. The van der Waals surface area contributed by atoms with E-state index in [0.717, 1.165) is 17.0 Å². The van der Waals surface area contributed by atoms with Gasteiger partial charge in [-0.3, -0.25) is 4.79 Å². The molecule has 3 heteroatoms. The molecule has 2 rings (SSSR count). The van der Waals surface area contributed by atoms with Crippen LogP contribution in [0, 0.1) is 5.92 Å². The molecule has 1 N–H and O–H groups in total. The molecule has 0 aromatic heterocycles. The Labute approximate surface area is 88.3 Å². The summed E-state index contributed by atoms with van der Waals surface area (Å²) < 4.78 is 0. The summed E-state index contributed by atoms with van der Waals surface area (Å²) >= 11 is 6.05. The van der Waals surface area contributed by atoms with Crippen molar-refractivity contribution in [2.75, 3.05) is 0 Å². The number of amides is 1. The van der Waals surface area contributed by atoms with Gasteiger partial charge in [0.2, 0.25) is 5.91 Å². The average molecular weight is 210 g/mol. The van der Waals surface area contributed by atoms with Crippen molar-refractivity contribution in [1.82, 2.24) is 5.32 Å². The highest BCUT2D eigenvalue weighted by Crippen LogP contribution is 2.31. The van der Waals surface area contributed by atoms with Gasteiger partial charge in [-0.25, -0.2) is 0 Å². The van der Waals surface area contributed by atoms with Gasteiger partial charge in [-0.2, -0.15) is 0 Å². The highest BCUT2D eigenvalue weighted by Gasteiger charge is 2.30. The molecule has 74 valence electrons. The summed E-state index contributed by atoms with van der Waals surface area (Å²) in [5.41, 5.74) is 1.02. The predicted octanol–water partition coefficient (Wildman–Crippen LogP) is 2.54. The Hall–Kier alpha value is -1.02. The zero-order chi connectivity index (χ0) is 10.1. The van der Waals surface area contributed by atoms with Crippen LogP contribution in [0.3, 0.4) is 0 Å². The van der Waals surface area contributed by atoms with E-state index in [1.807, 2.05) is 31.2 Å². The molecule has 0 aliphatic carbocycles. The first-order valence-corrected chi connectivity index (χ1v) is 5.11. The van der Waals surface area contributed by atoms with Crippen molar-refractivity contribution in [3.05, 3.63) is 34.9 Å². The highest BCUT2D eigenvalue weighted by atomic mass is 35.5. The highest BCUT2D eigenvalue weighted by molar-refractivity contribution is 6.31. The molecule has 0 saturated carbocycles. The van der Waals surface area contributed by atoms with Crippen LogP contribution in [0.1, 0.15) is 24.9 Å². The summed E-state index contributed by atoms with van der Waals surface area (Å²) in [6.07, 6.45) is 0.836. The maximum atomic E-state index is 11.3. The molecule has 1 aliphatic rings. The first-order valence-electron chi connectivity index (χ1n) is 4.73. The fraction of sp³-hybridized carbons (Fsp3) is 0.364. The molecule has 1 amide bonds. The molecule has 1 aromatic rings. The summed E-state index contributed by atoms with van der Waals surface area (Å²) in [6, 6.07) is 7.74. The van der Waals surface area contributed by atoms with E-state index >= 15 is 0 Å². The molecule has 2 nitrogen and oxygen atoms in total. The summed E-state index contributed by atoms with van der Waals surface area (Å²) in [5, 5.41) is 3.67. The Bertz CT molecular complexity index is 364. The Balaban J connectivity index is 2.25. The van der Waals surface area contributed by atoms with E-state index < -0.39 is 0 Å². The second-order valence-electron chi connectivity index (χ2n) is 3.72. The van der Waals surface area contributed by atoms with Crippen LogP contribution in [0.25, 0.3) is 0 Å². The van der Waals surface area contributed by atoms with Gasteiger partial charge >= 0.3 is 0 Å². The lowest BCUT2D eigenvalue weighted by atomic mass is 10.0. The average Bonchev–Trinajstić information content (AvgIpc) is 2.48. The minimum absolute atomic E-state index is 0.0891. The van der Waals surface area contributed by atoms with Crippen LogP contribution in [-0.2, 0) is 4.79 Å². The Morgan fingerprint density at radius 2 is 2.14 bits per heavy atom. The van der Waals surface area contributed by atoms with Gasteiger partial charge in [-0.1, -0.05) is 36.7 Å². The van der Waals surface area contributed by atoms with E-state index in [-0.39, 0.29) is 17.9 Å². The minimum atomic E-state index is 0.0891. The zero-order valence-electron chi connectivity index (χ0n) is 7.96. The van der Waals surface area contributed by atoms with Crippen LogP contribution >= 0.6 is 11.6 Å². The number of rotatable bonds is 1. The van der Waals surface area contributed by atoms with Crippen molar-refractivity contribution in [1.29, 1.82) is 0 Å². The van der Waals surface area contributed by atoms with Crippen LogP contribution in [-0.4, -0.2) is 5.91 Å². The maximum Gasteiger partial charge on any atom is 0.223 e. The molecule has 1 heterocycles. The minimum Gasteiger partial charge on any atom is -0.349 e. The smallest absolute Gasteiger partial charge is 0.223 e. The molecule has 1 fully saturated rings. The SMILES string of the molecule is C[C@@H]1CC(c2ccccc2Cl)NC1=O. The first-order chi connectivity index (χ1) is 6.68. The van der Waals surface area contributed by atoms with E-state index in [2.05, 4.69) is 5.32 Å². The quantitative estimate of drug-likeness (QED) is 0.757. The first kappa shape index (κ1) is 9.53. The van der Waals surface area contributed by atoms with Gasteiger partial charge in [0.15, 0.2) is 0 Å². The van der Waals surface area contributed by atoms with Crippen LogP contribution in [0.5, 0.6) is 0 Å². The molecule has 0 radical (unpaired) electrons. The summed E-state index contributed by atoms with van der Waals surface area (Å²) in [7, 11) is 0. The number of carbonyl (C=O) groups excluding carboxylic acids is 1. The summed E-state index contributed by atoms with van der Waals surface area (Å²) in [6.45, 7) is 1.94. The van der Waals surface area contributed by atoms with Crippen molar-refractivity contribution in [3.63, 3.8) is 0 Å². The van der Waals surface area contributed by atoms with Gasteiger partial charge in [0.05, 0.1) is 6.04 Å². The summed E-state index contributed by atoms with van der Waals surface area (Å²) in [5.74, 6) is 0.214. The van der Waals surface area contributed by atoms with Crippen LogP contribution in [0.2, 0.25) is 5.02 Å². The second-order valence-corrected chi connectivity index (χ2v) is 4.13. The number of benzene rings is 1. The van der Waals surface area contributed by atoms with E-state index in [1.165, 1.54) is 0 Å². The third-order valence-corrected chi connectivity index (χ3v) is 2.98. The van der Waals surface area contributed by atoms with Crippen molar-refractivity contribution in [2.24, 2.45) is 5.92 Å². The molecule has 0 bridgehead atoms. The molecule has 2 atom stereocenters. The largest absolute Gasteiger partial charge is 0.349 e. The lowest BCUT2D eigenvalue weighted by molar-refractivity contribution is -0.122. The van der Waals surface area contributed by atoms with E-state index in [9.17, 15) is 4.79 Å². The molecule has 1 aliphatic heterocycles. The normalized spacial score (nSPS) is 26.3. The summed E-state index contributed by atoms with van der Waals surface area (Å²) in [4.78, 5) is 11.3. The van der Waals surface area contributed by atoms with Gasteiger partial charge in [-0.15, -0.1) is 0 Å². The number of hydrogen-bond acceptors (Lipinski definition) is 1. The molecular formula is C11H12ClNO. The zero-order valence-corrected chi connectivity index (χ0v) is 8.71. The van der Waals surface area contributed by atoms with Gasteiger partial charge < -0.3 is 5.32 Å². The van der Waals surface area contributed by atoms with Gasteiger partial charge in [0, 0.05) is 10.9 Å². The topological polar surface area (TPSA) is 29.1 Å². The Kier molecular flexibility index (Phi) is 2.46. The molecule has 1 unspecified atom stereocenters. The number of hydrogen-bond donors (Lipinski definition) is 1. The standard InChI is InChI=1S/C11H12ClNO/c1-7-6-10(13-11(7)14)8-4-2-3-5-9(8)12/h2-5,7,10H,6H2,1H3,(H,13,14)/t7-,10?/m1/s1. The van der Waals surface area contributed by atoms with Gasteiger partial charge in [-0.05, 0) is 18.1 Å². The van der Waals surface area contributed by atoms with E-state index in [1.54, 1.807) is 0 Å².